The fraction of sp³-hybridized carbons (Fsp3) is 0.680. The first-order chi connectivity index (χ1) is 19.5. The summed E-state index contributed by atoms with van der Waals surface area (Å²) in [5.41, 5.74) is -0.176. The Morgan fingerprint density at radius 3 is 2.61 bits per heavy atom. The van der Waals surface area contributed by atoms with Crippen LogP contribution in [0.3, 0.4) is 0 Å². The highest BCUT2D eigenvalue weighted by Gasteiger charge is 2.50. The van der Waals surface area contributed by atoms with Gasteiger partial charge in [-0.1, -0.05) is 34.6 Å². The molecular formula is C25H39B2IN6O7. The number of anilines is 1. The quantitative estimate of drug-likeness (QED) is 0.124. The number of rotatable bonds is 15. The van der Waals surface area contributed by atoms with E-state index in [-0.39, 0.29) is 52.9 Å². The fourth-order valence-corrected chi connectivity index (χ4v) is 4.94. The van der Waals surface area contributed by atoms with E-state index in [1.165, 1.54) is 6.33 Å². The Bertz CT molecular complexity index is 1250. The SMILES string of the molecule is C#CCCOB(OC1C(COB(C)I)OC(n2cnc3c(=O)[nH]c(NC(=O)CC)nc32)C1OC)N(C(C)C)C(C)C. The molecule has 0 bridgehead atoms. The van der Waals surface area contributed by atoms with Crippen molar-refractivity contribution >= 4 is 57.4 Å². The van der Waals surface area contributed by atoms with Crippen LogP contribution in [-0.2, 0) is 28.2 Å². The third kappa shape index (κ3) is 8.31. The van der Waals surface area contributed by atoms with Crippen LogP contribution >= 0.6 is 22.4 Å². The van der Waals surface area contributed by atoms with Crippen LogP contribution < -0.4 is 10.9 Å². The Balaban J connectivity index is 2.03. The Labute approximate surface area is 254 Å². The summed E-state index contributed by atoms with van der Waals surface area (Å²) in [6, 6.07) is 0.193. The van der Waals surface area contributed by atoms with E-state index >= 15 is 0 Å². The summed E-state index contributed by atoms with van der Waals surface area (Å²) in [7, 11) is 0.814. The third-order valence-electron chi connectivity index (χ3n) is 6.55. The van der Waals surface area contributed by atoms with Crippen LogP contribution in [0.2, 0.25) is 6.82 Å². The molecule has 1 amide bonds. The summed E-state index contributed by atoms with van der Waals surface area (Å²) in [5, 5.41) is 2.59. The molecule has 3 heterocycles. The van der Waals surface area contributed by atoms with E-state index in [1.807, 2.05) is 6.82 Å². The van der Waals surface area contributed by atoms with Crippen molar-refractivity contribution in [3.05, 3.63) is 16.7 Å². The zero-order valence-electron chi connectivity index (χ0n) is 24.6. The van der Waals surface area contributed by atoms with Gasteiger partial charge in [-0.3, -0.25) is 29.3 Å². The predicted molar refractivity (Wildman–Crippen MR) is 166 cm³/mol. The van der Waals surface area contributed by atoms with Crippen LogP contribution in [0.1, 0.15) is 53.7 Å². The molecule has 3 rings (SSSR count). The number of terminal acetylenes is 1. The Kier molecular flexibility index (Phi) is 12.6. The maximum atomic E-state index is 12.8. The van der Waals surface area contributed by atoms with E-state index in [1.54, 1.807) is 18.6 Å². The molecule has 0 radical (unpaired) electrons. The third-order valence-corrected chi connectivity index (χ3v) is 6.91. The monoisotopic (exact) mass is 684 g/mol. The number of nitrogens with zero attached hydrogens (tertiary/aromatic N) is 4. The van der Waals surface area contributed by atoms with Crippen molar-refractivity contribution in [2.45, 2.75) is 90.9 Å². The molecule has 0 aliphatic carbocycles. The number of carbonyl (C=O) groups is 1. The molecule has 0 saturated carbocycles. The summed E-state index contributed by atoms with van der Waals surface area (Å²) in [5.74, 6) is 2.32. The first kappa shape index (κ1) is 33.5. The van der Waals surface area contributed by atoms with Gasteiger partial charge < -0.3 is 23.4 Å². The fourth-order valence-electron chi connectivity index (χ4n) is 4.73. The van der Waals surface area contributed by atoms with Crippen molar-refractivity contribution in [3.8, 4) is 12.3 Å². The summed E-state index contributed by atoms with van der Waals surface area (Å²) in [4.78, 5) is 38.1. The van der Waals surface area contributed by atoms with Crippen LogP contribution in [0.4, 0.5) is 5.95 Å². The number of amides is 1. The zero-order chi connectivity index (χ0) is 30.3. The second-order valence-corrected chi connectivity index (χ2v) is 11.9. The highest BCUT2D eigenvalue weighted by atomic mass is 127. The van der Waals surface area contributed by atoms with Gasteiger partial charge in [0, 0.05) is 26.6 Å². The number of H-pyrrole nitrogens is 1. The summed E-state index contributed by atoms with van der Waals surface area (Å²) >= 11 is 2.17. The van der Waals surface area contributed by atoms with Gasteiger partial charge in [0.05, 0.1) is 12.9 Å². The van der Waals surface area contributed by atoms with Gasteiger partial charge in [-0.2, -0.15) is 4.98 Å². The molecule has 2 aromatic heterocycles. The van der Waals surface area contributed by atoms with E-state index in [9.17, 15) is 9.59 Å². The number of carbonyl (C=O) groups excluding carboxylic acids is 1. The number of ether oxygens (including phenoxy) is 2. The van der Waals surface area contributed by atoms with Crippen molar-refractivity contribution in [1.82, 2.24) is 24.3 Å². The van der Waals surface area contributed by atoms with E-state index in [2.05, 4.69) is 81.1 Å². The first-order valence-electron chi connectivity index (χ1n) is 13.7. The minimum absolute atomic E-state index is 0.0148. The van der Waals surface area contributed by atoms with Gasteiger partial charge in [-0.25, -0.2) is 4.98 Å². The summed E-state index contributed by atoms with van der Waals surface area (Å²) < 4.78 is 32.8. The minimum Gasteiger partial charge on any atom is -0.423 e. The lowest BCUT2D eigenvalue weighted by atomic mass is 9.95. The largest absolute Gasteiger partial charge is 0.558 e. The molecule has 1 fully saturated rings. The van der Waals surface area contributed by atoms with Crippen LogP contribution in [0.25, 0.3) is 11.2 Å². The number of aromatic nitrogens is 4. The lowest BCUT2D eigenvalue weighted by Crippen LogP contribution is -2.55. The maximum Gasteiger partial charge on any atom is 0.558 e. The molecule has 1 saturated heterocycles. The van der Waals surface area contributed by atoms with Gasteiger partial charge in [-0.15, -0.1) is 34.7 Å². The highest BCUT2D eigenvalue weighted by Crippen LogP contribution is 2.36. The number of imidazole rings is 1. The van der Waals surface area contributed by atoms with Crippen LogP contribution in [0.5, 0.6) is 0 Å². The first-order valence-corrected chi connectivity index (χ1v) is 14.9. The van der Waals surface area contributed by atoms with Crippen LogP contribution in [0, 0.1) is 12.3 Å². The van der Waals surface area contributed by atoms with Crippen LogP contribution in [-0.4, -0.2) is 93.0 Å². The maximum absolute atomic E-state index is 12.8. The number of hydrogen-bond donors (Lipinski definition) is 2. The number of nitrogens with one attached hydrogen (secondary N) is 2. The van der Waals surface area contributed by atoms with E-state index < -0.39 is 37.4 Å². The predicted octanol–water partition coefficient (Wildman–Crippen LogP) is 2.48. The molecule has 1 aliphatic rings. The van der Waals surface area contributed by atoms with Gasteiger partial charge in [-0.05, 0) is 18.9 Å². The molecule has 2 aromatic rings. The van der Waals surface area contributed by atoms with Gasteiger partial charge in [0.15, 0.2) is 17.4 Å². The van der Waals surface area contributed by atoms with Crippen molar-refractivity contribution < 1.29 is 28.2 Å². The Morgan fingerprint density at radius 2 is 2.02 bits per heavy atom. The molecular weight excluding hydrogens is 645 g/mol. The zero-order valence-corrected chi connectivity index (χ0v) is 26.8. The molecule has 41 heavy (non-hydrogen) atoms. The molecule has 4 unspecified atom stereocenters. The molecule has 13 nitrogen and oxygen atoms in total. The number of hydrogen-bond acceptors (Lipinski definition) is 10. The van der Waals surface area contributed by atoms with E-state index in [4.69, 9.17) is 29.9 Å². The van der Waals surface area contributed by atoms with E-state index in [0.717, 1.165) is 0 Å². The summed E-state index contributed by atoms with van der Waals surface area (Å²) in [6.07, 6.45) is 4.93. The number of aromatic amines is 1. The normalized spacial score (nSPS) is 20.7. The molecule has 0 spiro atoms. The molecule has 1 aliphatic heterocycles. The van der Waals surface area contributed by atoms with Gasteiger partial charge in [0.1, 0.15) is 18.3 Å². The van der Waals surface area contributed by atoms with E-state index in [0.29, 0.717) is 13.0 Å². The molecule has 16 heteroatoms. The molecule has 224 valence electrons. The standard InChI is InChI=1S/C25H39B2IN6O7/c1-9-11-12-38-27(34(15(3)4)16(5)6)41-20-17(13-39-26(7)28)40-24(21(20)37-8)33-14-29-19-22(33)31-25(32-23(19)36)30-18(35)10-2/h1,14-17,20-21,24H,10-13H2,2-8H3,(H2,30,31,32,35,36). The van der Waals surface area contributed by atoms with Crippen molar-refractivity contribution in [2.75, 3.05) is 25.6 Å². The lowest BCUT2D eigenvalue weighted by molar-refractivity contribution is -0.115. The molecule has 0 aromatic carbocycles. The number of halogens is 1. The second-order valence-electron chi connectivity index (χ2n) is 10.1. The number of methoxy groups -OCH3 is 1. The van der Waals surface area contributed by atoms with Crippen molar-refractivity contribution in [2.24, 2.45) is 0 Å². The number of fused-ring (bicyclic) bond motifs is 1. The average molecular weight is 684 g/mol. The molecule has 2 N–H and O–H groups in total. The van der Waals surface area contributed by atoms with Crippen molar-refractivity contribution in [3.63, 3.8) is 0 Å². The van der Waals surface area contributed by atoms with Gasteiger partial charge in [0.2, 0.25) is 11.9 Å². The Hall–Kier alpha value is -2.00. The molecule has 4 atom stereocenters. The average Bonchev–Trinajstić information content (AvgIpc) is 3.48. The van der Waals surface area contributed by atoms with Gasteiger partial charge >= 0.3 is 12.0 Å². The Morgan fingerprint density at radius 1 is 1.32 bits per heavy atom. The lowest BCUT2D eigenvalue weighted by Gasteiger charge is -2.37. The summed E-state index contributed by atoms with van der Waals surface area (Å²) in [6.45, 7) is 12.4. The second kappa shape index (κ2) is 15.5. The minimum atomic E-state index is -0.782. The highest BCUT2D eigenvalue weighted by molar-refractivity contribution is 14.1. The van der Waals surface area contributed by atoms with Crippen molar-refractivity contribution in [1.29, 1.82) is 0 Å². The van der Waals surface area contributed by atoms with Crippen LogP contribution in [0.15, 0.2) is 11.1 Å². The smallest absolute Gasteiger partial charge is 0.423 e. The van der Waals surface area contributed by atoms with Gasteiger partial charge in [0.25, 0.3) is 5.56 Å². The topological polar surface area (TPSA) is 142 Å².